The van der Waals surface area contributed by atoms with Gasteiger partial charge < -0.3 is 9.73 Å². The average molecular weight is 256 g/mol. The summed E-state index contributed by atoms with van der Waals surface area (Å²) in [5, 5.41) is 4.93. The SMILES string of the molecule is c1ccc2c(CNC3CCN(C4CC4)C3)coc2c1. The molecule has 1 aliphatic carbocycles. The molecule has 1 N–H and O–H groups in total. The summed E-state index contributed by atoms with van der Waals surface area (Å²) in [5.41, 5.74) is 2.27. The number of nitrogens with zero attached hydrogens (tertiary/aromatic N) is 1. The highest BCUT2D eigenvalue weighted by atomic mass is 16.3. The molecular formula is C16H20N2O. The molecule has 1 atom stereocenters. The Morgan fingerprint density at radius 2 is 2.11 bits per heavy atom. The van der Waals surface area contributed by atoms with Gasteiger partial charge in [0.05, 0.1) is 6.26 Å². The molecule has 0 radical (unpaired) electrons. The van der Waals surface area contributed by atoms with Gasteiger partial charge in [-0.2, -0.15) is 0 Å². The predicted molar refractivity (Wildman–Crippen MR) is 76.1 cm³/mol. The summed E-state index contributed by atoms with van der Waals surface area (Å²) in [5.74, 6) is 0. The Morgan fingerprint density at radius 3 is 3.00 bits per heavy atom. The number of likely N-dealkylation sites (tertiary alicyclic amines) is 1. The summed E-state index contributed by atoms with van der Waals surface area (Å²) in [6, 6.07) is 9.82. The molecule has 1 saturated heterocycles. The highest BCUT2D eigenvalue weighted by Gasteiger charge is 2.34. The number of nitrogens with one attached hydrogen (secondary N) is 1. The molecule has 1 unspecified atom stereocenters. The van der Waals surface area contributed by atoms with Crippen molar-refractivity contribution in [1.29, 1.82) is 0 Å². The normalized spacial score (nSPS) is 24.3. The Bertz CT molecular complexity index is 573. The summed E-state index contributed by atoms with van der Waals surface area (Å²) in [7, 11) is 0. The molecule has 19 heavy (non-hydrogen) atoms. The van der Waals surface area contributed by atoms with Crippen molar-refractivity contribution in [2.75, 3.05) is 13.1 Å². The van der Waals surface area contributed by atoms with E-state index in [4.69, 9.17) is 4.42 Å². The maximum Gasteiger partial charge on any atom is 0.134 e. The molecule has 1 aliphatic heterocycles. The van der Waals surface area contributed by atoms with Crippen LogP contribution in [-0.4, -0.2) is 30.1 Å². The van der Waals surface area contributed by atoms with Crippen molar-refractivity contribution in [3.8, 4) is 0 Å². The molecule has 1 saturated carbocycles. The Labute approximate surface area is 113 Å². The van der Waals surface area contributed by atoms with Gasteiger partial charge in [-0.1, -0.05) is 18.2 Å². The fourth-order valence-corrected chi connectivity index (χ4v) is 3.15. The second kappa shape index (κ2) is 4.66. The lowest BCUT2D eigenvalue weighted by molar-refractivity contribution is 0.317. The molecule has 1 aromatic heterocycles. The summed E-state index contributed by atoms with van der Waals surface area (Å²) in [6.45, 7) is 3.41. The third-order valence-corrected chi connectivity index (χ3v) is 4.43. The lowest BCUT2D eigenvalue weighted by atomic mass is 10.1. The van der Waals surface area contributed by atoms with Crippen molar-refractivity contribution >= 4 is 11.0 Å². The van der Waals surface area contributed by atoms with Crippen LogP contribution >= 0.6 is 0 Å². The topological polar surface area (TPSA) is 28.4 Å². The second-order valence-corrected chi connectivity index (χ2v) is 5.85. The average Bonchev–Trinajstić information content (AvgIpc) is 3.05. The lowest BCUT2D eigenvalue weighted by Crippen LogP contribution is -2.32. The zero-order chi connectivity index (χ0) is 12.7. The Hall–Kier alpha value is -1.32. The fourth-order valence-electron chi connectivity index (χ4n) is 3.15. The number of para-hydroxylation sites is 1. The van der Waals surface area contributed by atoms with Gasteiger partial charge in [0.25, 0.3) is 0 Å². The number of hydrogen-bond donors (Lipinski definition) is 1. The van der Waals surface area contributed by atoms with Gasteiger partial charge in [0.1, 0.15) is 5.58 Å². The van der Waals surface area contributed by atoms with E-state index in [0.717, 1.165) is 18.2 Å². The van der Waals surface area contributed by atoms with Gasteiger partial charge in [-0.3, -0.25) is 4.90 Å². The van der Waals surface area contributed by atoms with Gasteiger partial charge in [0, 0.05) is 42.7 Å². The summed E-state index contributed by atoms with van der Waals surface area (Å²) in [4.78, 5) is 2.64. The van der Waals surface area contributed by atoms with E-state index in [1.165, 1.54) is 43.3 Å². The van der Waals surface area contributed by atoms with Crippen LogP contribution in [0.15, 0.2) is 34.9 Å². The largest absolute Gasteiger partial charge is 0.464 e. The minimum atomic E-state index is 0.647. The molecular weight excluding hydrogens is 236 g/mol. The molecule has 0 bridgehead atoms. The van der Waals surface area contributed by atoms with E-state index in [9.17, 15) is 0 Å². The van der Waals surface area contributed by atoms with Gasteiger partial charge in [0.15, 0.2) is 0 Å². The van der Waals surface area contributed by atoms with Crippen LogP contribution in [0.1, 0.15) is 24.8 Å². The number of benzene rings is 1. The van der Waals surface area contributed by atoms with E-state index >= 15 is 0 Å². The number of fused-ring (bicyclic) bond motifs is 1. The third kappa shape index (κ3) is 2.28. The lowest BCUT2D eigenvalue weighted by Gasteiger charge is -2.15. The first-order valence-electron chi connectivity index (χ1n) is 7.33. The van der Waals surface area contributed by atoms with Crippen molar-refractivity contribution in [2.24, 2.45) is 0 Å². The quantitative estimate of drug-likeness (QED) is 0.911. The monoisotopic (exact) mass is 256 g/mol. The molecule has 2 heterocycles. The van der Waals surface area contributed by atoms with E-state index in [0.29, 0.717) is 6.04 Å². The molecule has 3 heteroatoms. The molecule has 1 aromatic carbocycles. The zero-order valence-corrected chi connectivity index (χ0v) is 11.1. The zero-order valence-electron chi connectivity index (χ0n) is 11.1. The smallest absolute Gasteiger partial charge is 0.134 e. The number of hydrogen-bond acceptors (Lipinski definition) is 3. The molecule has 0 amide bonds. The second-order valence-electron chi connectivity index (χ2n) is 5.85. The molecule has 4 rings (SSSR count). The predicted octanol–water partition coefficient (Wildman–Crippen LogP) is 2.76. The maximum absolute atomic E-state index is 5.58. The van der Waals surface area contributed by atoms with Crippen LogP contribution in [0.2, 0.25) is 0 Å². The highest BCUT2D eigenvalue weighted by Crippen LogP contribution is 2.30. The first-order valence-corrected chi connectivity index (χ1v) is 7.33. The Balaban J connectivity index is 1.39. The summed E-state index contributed by atoms with van der Waals surface area (Å²) in [6.07, 6.45) is 6.01. The van der Waals surface area contributed by atoms with Gasteiger partial charge in [-0.05, 0) is 25.3 Å². The van der Waals surface area contributed by atoms with Gasteiger partial charge >= 0.3 is 0 Å². The van der Waals surface area contributed by atoms with Crippen LogP contribution in [0.4, 0.5) is 0 Å². The first kappa shape index (κ1) is 11.5. The van der Waals surface area contributed by atoms with E-state index in [2.05, 4.69) is 22.3 Å². The van der Waals surface area contributed by atoms with E-state index in [-0.39, 0.29) is 0 Å². The van der Waals surface area contributed by atoms with E-state index in [1.807, 2.05) is 18.4 Å². The number of rotatable bonds is 4. The van der Waals surface area contributed by atoms with E-state index < -0.39 is 0 Å². The highest BCUT2D eigenvalue weighted by molar-refractivity contribution is 5.80. The Kier molecular flexibility index (Phi) is 2.82. The van der Waals surface area contributed by atoms with Crippen LogP contribution in [0.3, 0.4) is 0 Å². The molecule has 100 valence electrons. The first-order chi connectivity index (χ1) is 9.40. The summed E-state index contributed by atoms with van der Waals surface area (Å²) < 4.78 is 5.58. The number of furan rings is 1. The van der Waals surface area contributed by atoms with Gasteiger partial charge in [-0.15, -0.1) is 0 Å². The van der Waals surface area contributed by atoms with Crippen LogP contribution in [0.5, 0.6) is 0 Å². The molecule has 2 fully saturated rings. The third-order valence-electron chi connectivity index (χ3n) is 4.43. The van der Waals surface area contributed by atoms with Gasteiger partial charge in [0.2, 0.25) is 0 Å². The minimum absolute atomic E-state index is 0.647. The maximum atomic E-state index is 5.58. The molecule has 2 aromatic rings. The van der Waals surface area contributed by atoms with Gasteiger partial charge in [-0.25, -0.2) is 0 Å². The van der Waals surface area contributed by atoms with Crippen molar-refractivity contribution in [3.05, 3.63) is 36.1 Å². The molecule has 2 aliphatic rings. The van der Waals surface area contributed by atoms with Crippen LogP contribution < -0.4 is 5.32 Å². The van der Waals surface area contributed by atoms with E-state index in [1.54, 1.807) is 0 Å². The summed E-state index contributed by atoms with van der Waals surface area (Å²) >= 11 is 0. The minimum Gasteiger partial charge on any atom is -0.464 e. The van der Waals surface area contributed by atoms with Crippen LogP contribution in [-0.2, 0) is 6.54 Å². The standard InChI is InChI=1S/C16H20N2O/c1-2-4-16-15(3-1)12(11-19-16)9-17-13-7-8-18(10-13)14-5-6-14/h1-4,11,13-14,17H,5-10H2. The van der Waals surface area contributed by atoms with Crippen LogP contribution in [0.25, 0.3) is 11.0 Å². The molecule has 3 nitrogen and oxygen atoms in total. The van der Waals surface area contributed by atoms with Crippen LogP contribution in [0, 0.1) is 0 Å². The molecule has 0 spiro atoms. The Morgan fingerprint density at radius 1 is 1.21 bits per heavy atom. The van der Waals surface area contributed by atoms with Crippen molar-refractivity contribution in [2.45, 2.75) is 37.9 Å². The van der Waals surface area contributed by atoms with Crippen molar-refractivity contribution in [3.63, 3.8) is 0 Å². The van der Waals surface area contributed by atoms with Crippen molar-refractivity contribution < 1.29 is 4.42 Å². The van der Waals surface area contributed by atoms with Crippen molar-refractivity contribution in [1.82, 2.24) is 10.2 Å². The fraction of sp³-hybridized carbons (Fsp3) is 0.500.